The average molecular weight is 370 g/mol. The summed E-state index contributed by atoms with van der Waals surface area (Å²) in [6.07, 6.45) is 1.11. The van der Waals surface area contributed by atoms with Gasteiger partial charge in [-0.3, -0.25) is 4.90 Å². The third kappa shape index (κ3) is 4.96. The molecule has 0 aliphatic carbocycles. The molecule has 1 aliphatic rings. The molecule has 1 saturated heterocycles. The molecule has 138 valence electrons. The van der Waals surface area contributed by atoms with Crippen LogP contribution in [0.2, 0.25) is 0 Å². The van der Waals surface area contributed by atoms with Crippen LogP contribution in [0.15, 0.2) is 48.5 Å². The molecule has 0 saturated carbocycles. The molecule has 26 heavy (non-hydrogen) atoms. The largest absolute Gasteiger partial charge is 0.495 e. The monoisotopic (exact) mass is 369 g/mol. The van der Waals surface area contributed by atoms with Crippen molar-refractivity contribution < 1.29 is 4.74 Å². The quantitative estimate of drug-likeness (QED) is 0.825. The second-order valence-corrected chi connectivity index (χ2v) is 7.12. The second-order valence-electron chi connectivity index (χ2n) is 6.74. The van der Waals surface area contributed by atoms with E-state index in [9.17, 15) is 0 Å². The van der Waals surface area contributed by atoms with Gasteiger partial charge in [-0.25, -0.2) is 0 Å². The van der Waals surface area contributed by atoms with E-state index in [0.717, 1.165) is 55.7 Å². The Hall–Kier alpha value is -2.11. The molecule has 0 amide bonds. The van der Waals surface area contributed by atoms with E-state index in [2.05, 4.69) is 58.4 Å². The van der Waals surface area contributed by atoms with E-state index in [-0.39, 0.29) is 0 Å². The van der Waals surface area contributed by atoms with Crippen LogP contribution in [0, 0.1) is 6.92 Å². The van der Waals surface area contributed by atoms with Crippen molar-refractivity contribution in [3.63, 3.8) is 0 Å². The lowest BCUT2D eigenvalue weighted by molar-refractivity contribution is 0.278. The van der Waals surface area contributed by atoms with Gasteiger partial charge in [-0.05, 0) is 48.8 Å². The number of hydrogen-bond acceptors (Lipinski definition) is 3. The van der Waals surface area contributed by atoms with Crippen molar-refractivity contribution in [3.8, 4) is 5.75 Å². The predicted molar refractivity (Wildman–Crippen MR) is 112 cm³/mol. The van der Waals surface area contributed by atoms with E-state index in [1.54, 1.807) is 7.11 Å². The first-order valence-electron chi connectivity index (χ1n) is 9.12. The Morgan fingerprint density at radius 2 is 1.88 bits per heavy atom. The van der Waals surface area contributed by atoms with Crippen molar-refractivity contribution in [2.75, 3.05) is 38.6 Å². The zero-order chi connectivity index (χ0) is 18.4. The maximum absolute atomic E-state index is 5.68. The minimum absolute atomic E-state index is 0.774. The molecule has 3 rings (SSSR count). The first kappa shape index (κ1) is 18.7. The molecular weight excluding hydrogens is 342 g/mol. The summed E-state index contributed by atoms with van der Waals surface area (Å²) in [5.74, 6) is 0.818. The molecule has 0 radical (unpaired) electrons. The summed E-state index contributed by atoms with van der Waals surface area (Å²) in [5.41, 5.74) is 3.48. The smallest absolute Gasteiger partial charge is 0.173 e. The first-order chi connectivity index (χ1) is 12.7. The zero-order valence-electron chi connectivity index (χ0n) is 15.6. The fraction of sp³-hybridized carbons (Fsp3) is 0.381. The van der Waals surface area contributed by atoms with Crippen molar-refractivity contribution in [1.82, 2.24) is 9.80 Å². The zero-order valence-corrected chi connectivity index (χ0v) is 16.4. The molecule has 0 atom stereocenters. The third-order valence-corrected chi connectivity index (χ3v) is 5.08. The lowest BCUT2D eigenvalue weighted by atomic mass is 10.2. The molecule has 0 aromatic heterocycles. The lowest BCUT2D eigenvalue weighted by Gasteiger charge is -2.25. The van der Waals surface area contributed by atoms with Crippen LogP contribution in [0.1, 0.15) is 17.5 Å². The van der Waals surface area contributed by atoms with E-state index in [1.807, 2.05) is 12.1 Å². The molecular formula is C21H27N3OS. The molecule has 1 N–H and O–H groups in total. The summed E-state index contributed by atoms with van der Waals surface area (Å²) >= 11 is 5.68. The molecule has 2 aromatic carbocycles. The van der Waals surface area contributed by atoms with E-state index in [4.69, 9.17) is 17.0 Å². The van der Waals surface area contributed by atoms with Gasteiger partial charge in [0.2, 0.25) is 0 Å². The number of ether oxygens (including phenoxy) is 1. The van der Waals surface area contributed by atoms with E-state index in [1.165, 1.54) is 11.1 Å². The van der Waals surface area contributed by atoms with Gasteiger partial charge in [0.25, 0.3) is 0 Å². The highest BCUT2D eigenvalue weighted by Gasteiger charge is 2.18. The van der Waals surface area contributed by atoms with Gasteiger partial charge in [0.05, 0.1) is 12.8 Å². The van der Waals surface area contributed by atoms with Gasteiger partial charge >= 0.3 is 0 Å². The summed E-state index contributed by atoms with van der Waals surface area (Å²) in [4.78, 5) is 4.77. The molecule has 0 unspecified atom stereocenters. The summed E-state index contributed by atoms with van der Waals surface area (Å²) < 4.78 is 5.45. The normalized spacial score (nSPS) is 15.4. The summed E-state index contributed by atoms with van der Waals surface area (Å²) in [7, 11) is 1.69. The predicted octanol–water partition coefficient (Wildman–Crippen LogP) is 3.91. The molecule has 0 spiro atoms. The number of hydrogen-bond donors (Lipinski definition) is 1. The Bertz CT molecular complexity index is 735. The molecule has 2 aromatic rings. The Kier molecular flexibility index (Phi) is 6.47. The SMILES string of the molecule is COc1ccc(C)cc1NC(=S)N1CCCN(Cc2ccccc2)CC1. The number of aryl methyl sites for hydroxylation is 1. The van der Waals surface area contributed by atoms with Crippen LogP contribution >= 0.6 is 12.2 Å². The number of anilines is 1. The van der Waals surface area contributed by atoms with Crippen LogP contribution in [-0.4, -0.2) is 48.2 Å². The second kappa shape index (κ2) is 9.01. The van der Waals surface area contributed by atoms with Crippen molar-refractivity contribution in [1.29, 1.82) is 0 Å². The highest BCUT2D eigenvalue weighted by atomic mass is 32.1. The van der Waals surface area contributed by atoms with Gasteiger partial charge in [0, 0.05) is 32.7 Å². The number of methoxy groups -OCH3 is 1. The minimum Gasteiger partial charge on any atom is -0.495 e. The molecule has 1 heterocycles. The van der Waals surface area contributed by atoms with Crippen LogP contribution in [0.4, 0.5) is 5.69 Å². The summed E-state index contributed by atoms with van der Waals surface area (Å²) in [5, 5.41) is 4.15. The molecule has 1 aliphatic heterocycles. The molecule has 0 bridgehead atoms. The number of rotatable bonds is 4. The van der Waals surface area contributed by atoms with Gasteiger partial charge < -0.3 is 15.0 Å². The van der Waals surface area contributed by atoms with Crippen LogP contribution in [0.5, 0.6) is 5.75 Å². The van der Waals surface area contributed by atoms with E-state index >= 15 is 0 Å². The molecule has 4 nitrogen and oxygen atoms in total. The first-order valence-corrected chi connectivity index (χ1v) is 9.53. The van der Waals surface area contributed by atoms with Crippen molar-refractivity contribution >= 4 is 23.0 Å². The van der Waals surface area contributed by atoms with Crippen LogP contribution < -0.4 is 10.1 Å². The fourth-order valence-electron chi connectivity index (χ4n) is 3.29. The van der Waals surface area contributed by atoms with Gasteiger partial charge in [-0.1, -0.05) is 36.4 Å². The standard InChI is InChI=1S/C21H27N3OS/c1-17-9-10-20(25-2)19(15-17)22-21(26)24-12-6-11-23(13-14-24)16-18-7-4-3-5-8-18/h3-5,7-10,15H,6,11-14,16H2,1-2H3,(H,22,26). The Labute approximate surface area is 161 Å². The van der Waals surface area contributed by atoms with Crippen molar-refractivity contribution in [3.05, 3.63) is 59.7 Å². The van der Waals surface area contributed by atoms with Gasteiger partial charge in [0.1, 0.15) is 5.75 Å². The molecule has 5 heteroatoms. The van der Waals surface area contributed by atoms with Crippen LogP contribution in [0.25, 0.3) is 0 Å². The Morgan fingerprint density at radius 1 is 1.08 bits per heavy atom. The number of nitrogens with one attached hydrogen (secondary N) is 1. The fourth-order valence-corrected chi connectivity index (χ4v) is 3.58. The number of benzene rings is 2. The highest BCUT2D eigenvalue weighted by molar-refractivity contribution is 7.80. The summed E-state index contributed by atoms with van der Waals surface area (Å²) in [6.45, 7) is 7.10. The Morgan fingerprint density at radius 3 is 2.65 bits per heavy atom. The van der Waals surface area contributed by atoms with E-state index in [0.29, 0.717) is 0 Å². The van der Waals surface area contributed by atoms with Gasteiger partial charge in [0.15, 0.2) is 5.11 Å². The van der Waals surface area contributed by atoms with E-state index < -0.39 is 0 Å². The highest BCUT2D eigenvalue weighted by Crippen LogP contribution is 2.25. The minimum atomic E-state index is 0.774. The maximum Gasteiger partial charge on any atom is 0.173 e. The number of thiocarbonyl (C=S) groups is 1. The molecule has 1 fully saturated rings. The van der Waals surface area contributed by atoms with Crippen LogP contribution in [0.3, 0.4) is 0 Å². The van der Waals surface area contributed by atoms with Gasteiger partial charge in [-0.2, -0.15) is 0 Å². The van der Waals surface area contributed by atoms with Gasteiger partial charge in [-0.15, -0.1) is 0 Å². The Balaban J connectivity index is 1.58. The lowest BCUT2D eigenvalue weighted by Crippen LogP contribution is -2.37. The third-order valence-electron chi connectivity index (χ3n) is 4.72. The topological polar surface area (TPSA) is 27.7 Å². The number of nitrogens with zero attached hydrogens (tertiary/aromatic N) is 2. The van der Waals surface area contributed by atoms with Crippen molar-refractivity contribution in [2.24, 2.45) is 0 Å². The maximum atomic E-state index is 5.68. The van der Waals surface area contributed by atoms with Crippen molar-refractivity contribution in [2.45, 2.75) is 19.9 Å². The average Bonchev–Trinajstić information content (AvgIpc) is 2.88. The van der Waals surface area contributed by atoms with Crippen LogP contribution in [-0.2, 0) is 6.54 Å². The summed E-state index contributed by atoms with van der Waals surface area (Å²) in [6, 6.07) is 16.8.